The van der Waals surface area contributed by atoms with Crippen molar-refractivity contribution in [1.82, 2.24) is 9.97 Å². The lowest BCUT2D eigenvalue weighted by Gasteiger charge is -2.12. The molecule has 0 atom stereocenters. The van der Waals surface area contributed by atoms with E-state index in [0.29, 0.717) is 35.7 Å². The topological polar surface area (TPSA) is 61.3 Å². The van der Waals surface area contributed by atoms with Crippen LogP contribution in [-0.4, -0.2) is 29.2 Å². The molecule has 0 fully saturated rings. The highest BCUT2D eigenvalue weighted by Gasteiger charge is 2.13. The van der Waals surface area contributed by atoms with Gasteiger partial charge >= 0.3 is 12.0 Å². The van der Waals surface area contributed by atoms with Crippen LogP contribution in [0.1, 0.15) is 32.6 Å². The van der Waals surface area contributed by atoms with Gasteiger partial charge in [0, 0.05) is 33.8 Å². The van der Waals surface area contributed by atoms with E-state index in [9.17, 15) is 4.79 Å². The second-order valence-electron chi connectivity index (χ2n) is 6.89. The maximum atomic E-state index is 11.4. The molecule has 162 valence electrons. The molecule has 3 rings (SSSR count). The van der Waals surface area contributed by atoms with Gasteiger partial charge in [-0.2, -0.15) is 4.98 Å². The Hall–Kier alpha value is -2.63. The molecule has 0 aliphatic rings. The lowest BCUT2D eigenvalue weighted by Crippen LogP contribution is -2.05. The lowest BCUT2D eigenvalue weighted by molar-refractivity contribution is -0.143. The molecule has 5 nitrogen and oxygen atoms in total. The molecule has 7 heteroatoms. The Kier molecular flexibility index (Phi) is 8.68. The third-order valence-corrected chi connectivity index (χ3v) is 5.11. The van der Waals surface area contributed by atoms with Crippen LogP contribution in [0.25, 0.3) is 22.4 Å². The second kappa shape index (κ2) is 11.7. The van der Waals surface area contributed by atoms with E-state index in [1.807, 2.05) is 55.5 Å². The smallest absolute Gasteiger partial charge is 0.316 e. The summed E-state index contributed by atoms with van der Waals surface area (Å²) < 4.78 is 10.7. The molecule has 2 aromatic carbocycles. The first-order chi connectivity index (χ1) is 15.1. The number of hydrogen-bond donors (Lipinski definition) is 0. The molecule has 3 aromatic rings. The normalized spacial score (nSPS) is 10.7. The minimum Gasteiger partial charge on any atom is -0.466 e. The third-order valence-electron chi connectivity index (χ3n) is 4.60. The zero-order chi connectivity index (χ0) is 22.1. The molecule has 0 radical (unpaired) electrons. The summed E-state index contributed by atoms with van der Waals surface area (Å²) in [7, 11) is 0. The number of carbonyl (C=O) groups excluding carboxylic acids is 1. The van der Waals surface area contributed by atoms with Gasteiger partial charge < -0.3 is 9.47 Å². The standard InChI is InChI=1S/C24H24Cl2N2O3/c1-2-30-22(29)6-4-3-5-15-31-24-27-16-21(17-7-11-19(25)12-8-17)23(28-24)18-9-13-20(26)14-10-18/h7-14,16H,2-6,15H2,1H3. The van der Waals surface area contributed by atoms with Crippen LogP contribution in [0.2, 0.25) is 10.0 Å². The van der Waals surface area contributed by atoms with E-state index in [2.05, 4.69) is 9.97 Å². The molecule has 1 heterocycles. The predicted molar refractivity (Wildman–Crippen MR) is 124 cm³/mol. The summed E-state index contributed by atoms with van der Waals surface area (Å²) in [6, 6.07) is 15.4. The Morgan fingerprint density at radius 1 is 0.903 bits per heavy atom. The van der Waals surface area contributed by atoms with Gasteiger partial charge in [0.15, 0.2) is 0 Å². The van der Waals surface area contributed by atoms with Crippen LogP contribution in [0.3, 0.4) is 0 Å². The number of nitrogens with zero attached hydrogens (tertiary/aromatic N) is 2. The molecular weight excluding hydrogens is 435 g/mol. The van der Waals surface area contributed by atoms with E-state index >= 15 is 0 Å². The van der Waals surface area contributed by atoms with Crippen molar-refractivity contribution < 1.29 is 14.3 Å². The first-order valence-corrected chi connectivity index (χ1v) is 11.0. The SMILES string of the molecule is CCOC(=O)CCCCCOc1ncc(-c2ccc(Cl)cc2)c(-c2ccc(Cl)cc2)n1. The molecule has 0 amide bonds. The van der Waals surface area contributed by atoms with Gasteiger partial charge in [-0.3, -0.25) is 4.79 Å². The van der Waals surface area contributed by atoms with Crippen molar-refractivity contribution in [3.63, 3.8) is 0 Å². The minimum absolute atomic E-state index is 0.155. The molecule has 0 unspecified atom stereocenters. The number of esters is 1. The molecule has 0 saturated heterocycles. The van der Waals surface area contributed by atoms with Gasteiger partial charge in [-0.1, -0.05) is 47.5 Å². The van der Waals surface area contributed by atoms with Crippen molar-refractivity contribution in [2.24, 2.45) is 0 Å². The largest absolute Gasteiger partial charge is 0.466 e. The Labute approximate surface area is 192 Å². The molecule has 0 saturated carbocycles. The minimum atomic E-state index is -0.155. The number of carbonyl (C=O) groups is 1. The molecule has 1 aromatic heterocycles. The lowest BCUT2D eigenvalue weighted by atomic mass is 10.0. The fourth-order valence-electron chi connectivity index (χ4n) is 3.05. The van der Waals surface area contributed by atoms with Gasteiger partial charge in [0.25, 0.3) is 0 Å². The maximum Gasteiger partial charge on any atom is 0.316 e. The number of rotatable bonds is 10. The molecule has 0 N–H and O–H groups in total. The van der Waals surface area contributed by atoms with Crippen LogP contribution in [0, 0.1) is 0 Å². The molecule has 0 aliphatic heterocycles. The molecule has 31 heavy (non-hydrogen) atoms. The molecule has 0 spiro atoms. The van der Waals surface area contributed by atoms with Crippen molar-refractivity contribution in [1.29, 1.82) is 0 Å². The third kappa shape index (κ3) is 6.94. The van der Waals surface area contributed by atoms with Gasteiger partial charge in [-0.05, 0) is 56.0 Å². The highest BCUT2D eigenvalue weighted by molar-refractivity contribution is 6.31. The Balaban J connectivity index is 1.70. The molecular formula is C24H24Cl2N2O3. The quantitative estimate of drug-likeness (QED) is 0.252. The Bertz CT molecular complexity index is 993. The second-order valence-corrected chi connectivity index (χ2v) is 7.77. The predicted octanol–water partition coefficient (Wildman–Crippen LogP) is 6.62. The Morgan fingerprint density at radius 3 is 2.19 bits per heavy atom. The van der Waals surface area contributed by atoms with E-state index in [-0.39, 0.29) is 5.97 Å². The fourth-order valence-corrected chi connectivity index (χ4v) is 3.30. The zero-order valence-electron chi connectivity index (χ0n) is 17.3. The summed E-state index contributed by atoms with van der Waals surface area (Å²) in [5.41, 5.74) is 3.50. The van der Waals surface area contributed by atoms with Crippen LogP contribution in [0.4, 0.5) is 0 Å². The number of aromatic nitrogens is 2. The maximum absolute atomic E-state index is 11.4. The summed E-state index contributed by atoms with van der Waals surface area (Å²) in [5, 5.41) is 1.32. The van der Waals surface area contributed by atoms with Crippen LogP contribution >= 0.6 is 23.2 Å². The number of hydrogen-bond acceptors (Lipinski definition) is 5. The number of unbranched alkanes of at least 4 members (excludes halogenated alkanes) is 2. The van der Waals surface area contributed by atoms with Crippen molar-refractivity contribution in [2.75, 3.05) is 13.2 Å². The molecule has 0 bridgehead atoms. The zero-order valence-corrected chi connectivity index (χ0v) is 18.8. The van der Waals surface area contributed by atoms with E-state index < -0.39 is 0 Å². The Morgan fingerprint density at radius 2 is 1.55 bits per heavy atom. The first kappa shape index (κ1) is 23.0. The highest BCUT2D eigenvalue weighted by atomic mass is 35.5. The summed E-state index contributed by atoms with van der Waals surface area (Å²) in [6.07, 6.45) is 4.63. The van der Waals surface area contributed by atoms with E-state index in [0.717, 1.165) is 41.6 Å². The number of halogens is 2. The van der Waals surface area contributed by atoms with Crippen molar-refractivity contribution >= 4 is 29.2 Å². The summed E-state index contributed by atoms with van der Waals surface area (Å²) in [6.45, 7) is 2.70. The summed E-state index contributed by atoms with van der Waals surface area (Å²) in [4.78, 5) is 20.4. The van der Waals surface area contributed by atoms with Crippen LogP contribution in [0.15, 0.2) is 54.7 Å². The van der Waals surface area contributed by atoms with Gasteiger partial charge in [0.2, 0.25) is 0 Å². The fraction of sp³-hybridized carbons (Fsp3) is 0.292. The van der Waals surface area contributed by atoms with E-state index in [4.69, 9.17) is 32.7 Å². The summed E-state index contributed by atoms with van der Waals surface area (Å²) >= 11 is 12.1. The van der Waals surface area contributed by atoms with Crippen LogP contribution < -0.4 is 4.74 Å². The molecule has 0 aliphatic carbocycles. The number of benzene rings is 2. The van der Waals surface area contributed by atoms with Crippen molar-refractivity contribution in [3.8, 4) is 28.4 Å². The van der Waals surface area contributed by atoms with Crippen molar-refractivity contribution in [3.05, 3.63) is 64.8 Å². The van der Waals surface area contributed by atoms with E-state index in [1.165, 1.54) is 0 Å². The van der Waals surface area contributed by atoms with Gasteiger partial charge in [0.05, 0.1) is 18.9 Å². The average molecular weight is 459 g/mol. The first-order valence-electron chi connectivity index (χ1n) is 10.2. The van der Waals surface area contributed by atoms with Crippen LogP contribution in [-0.2, 0) is 9.53 Å². The van der Waals surface area contributed by atoms with Gasteiger partial charge in [-0.15, -0.1) is 0 Å². The summed E-state index contributed by atoms with van der Waals surface area (Å²) in [5.74, 6) is -0.155. The number of ether oxygens (including phenoxy) is 2. The van der Waals surface area contributed by atoms with Crippen LogP contribution in [0.5, 0.6) is 6.01 Å². The highest BCUT2D eigenvalue weighted by Crippen LogP contribution is 2.32. The van der Waals surface area contributed by atoms with Gasteiger partial charge in [-0.25, -0.2) is 4.98 Å². The van der Waals surface area contributed by atoms with Gasteiger partial charge in [0.1, 0.15) is 0 Å². The monoisotopic (exact) mass is 458 g/mol. The van der Waals surface area contributed by atoms with Crippen molar-refractivity contribution in [2.45, 2.75) is 32.6 Å². The van der Waals surface area contributed by atoms with E-state index in [1.54, 1.807) is 6.20 Å². The average Bonchev–Trinajstić information content (AvgIpc) is 2.77.